The van der Waals surface area contributed by atoms with E-state index in [0.717, 1.165) is 14.0 Å². The molecule has 1 heterocycles. The average Bonchev–Trinajstić information content (AvgIpc) is 3.17. The predicted octanol–water partition coefficient (Wildman–Crippen LogP) is 2.96. The first kappa shape index (κ1) is 26.8. The number of nitrogens with zero attached hydrogens (tertiary/aromatic N) is 2. The molecule has 3 aromatic rings. The van der Waals surface area contributed by atoms with Gasteiger partial charge in [-0.05, 0) is 89.2 Å². The Morgan fingerprint density at radius 3 is 2.38 bits per heavy atom. The van der Waals surface area contributed by atoms with Crippen LogP contribution in [0.4, 0.5) is 5.69 Å². The lowest BCUT2D eigenvalue weighted by Crippen LogP contribution is -2.46. The lowest BCUT2D eigenvalue weighted by atomic mass is 10.1. The van der Waals surface area contributed by atoms with Gasteiger partial charge in [-0.25, -0.2) is 18.5 Å². The molecule has 1 aliphatic rings. The van der Waals surface area contributed by atoms with Gasteiger partial charge in [0.2, 0.25) is 15.9 Å². The zero-order valence-corrected chi connectivity index (χ0v) is 22.8. The van der Waals surface area contributed by atoms with Crippen LogP contribution in [0.3, 0.4) is 0 Å². The second-order valence-electron chi connectivity index (χ2n) is 8.43. The number of benzene rings is 3. The second kappa shape index (κ2) is 11.0. The van der Waals surface area contributed by atoms with E-state index >= 15 is 0 Å². The minimum absolute atomic E-state index is 0.0229. The van der Waals surface area contributed by atoms with E-state index in [9.17, 15) is 22.8 Å². The third-order valence-corrected chi connectivity index (χ3v) is 7.70. The van der Waals surface area contributed by atoms with Gasteiger partial charge in [0.1, 0.15) is 11.8 Å². The fraction of sp³-hybridized carbons (Fsp3) is 0.192. The van der Waals surface area contributed by atoms with Gasteiger partial charge in [0.15, 0.2) is 0 Å². The van der Waals surface area contributed by atoms with E-state index in [1.807, 2.05) is 0 Å². The molecule has 1 atom stereocenters. The molecule has 1 unspecified atom stereocenters. The highest BCUT2D eigenvalue weighted by Gasteiger charge is 2.44. The van der Waals surface area contributed by atoms with Crippen molar-refractivity contribution in [3.63, 3.8) is 0 Å². The van der Waals surface area contributed by atoms with Gasteiger partial charge in [-0.15, -0.1) is 0 Å². The molecule has 192 valence electrons. The molecule has 3 aromatic carbocycles. The normalized spacial score (nSPS) is 15.6. The summed E-state index contributed by atoms with van der Waals surface area (Å²) in [7, 11) is -2.34. The topological polar surface area (TPSA) is 127 Å². The molecule has 1 saturated heterocycles. The van der Waals surface area contributed by atoms with Crippen LogP contribution in [-0.2, 0) is 26.0 Å². The van der Waals surface area contributed by atoms with Crippen molar-refractivity contribution in [3.05, 3.63) is 87.5 Å². The first-order valence-corrected chi connectivity index (χ1v) is 13.9. The molecule has 0 aliphatic carbocycles. The van der Waals surface area contributed by atoms with Crippen LogP contribution in [0, 0.1) is 3.57 Å². The summed E-state index contributed by atoms with van der Waals surface area (Å²) in [6.07, 6.45) is 0.174. The first-order valence-electron chi connectivity index (χ1n) is 11.3. The largest absolute Gasteiger partial charge is 0.497 e. The van der Waals surface area contributed by atoms with Crippen molar-refractivity contribution in [1.29, 1.82) is 0 Å². The number of hydrogen-bond acceptors (Lipinski definition) is 6. The van der Waals surface area contributed by atoms with Crippen LogP contribution in [0.2, 0.25) is 0 Å². The van der Waals surface area contributed by atoms with Gasteiger partial charge in [-0.1, -0.05) is 18.2 Å². The van der Waals surface area contributed by atoms with Crippen molar-refractivity contribution >= 4 is 56.0 Å². The Hall–Kier alpha value is -3.29. The molecule has 0 saturated carbocycles. The molecule has 0 spiro atoms. The summed E-state index contributed by atoms with van der Waals surface area (Å²) in [5, 5.41) is 5.17. The van der Waals surface area contributed by atoms with E-state index in [1.54, 1.807) is 60.7 Å². The molecular weight excluding hydrogens is 609 g/mol. The maximum absolute atomic E-state index is 13.6. The number of nitrogens with two attached hydrogens (primary N) is 1. The van der Waals surface area contributed by atoms with Gasteiger partial charge in [0.05, 0.1) is 24.1 Å². The van der Waals surface area contributed by atoms with Crippen LogP contribution in [0.5, 0.6) is 5.75 Å². The molecule has 1 aliphatic heterocycles. The molecule has 3 amide bonds. The molecule has 4 rings (SSSR count). The monoisotopic (exact) mass is 633 g/mol. The maximum atomic E-state index is 13.6. The van der Waals surface area contributed by atoms with Gasteiger partial charge >= 0.3 is 0 Å². The fourth-order valence-corrected chi connectivity index (χ4v) is 5.01. The third-order valence-electron chi connectivity index (χ3n) is 6.05. The fourth-order valence-electron chi connectivity index (χ4n) is 4.14. The summed E-state index contributed by atoms with van der Waals surface area (Å²) in [5.74, 6) is -0.807. The zero-order valence-electron chi connectivity index (χ0n) is 19.8. The highest BCUT2D eigenvalue weighted by molar-refractivity contribution is 14.1. The minimum atomic E-state index is -3.83. The number of primary sulfonamides is 1. The van der Waals surface area contributed by atoms with Gasteiger partial charge in [0, 0.05) is 15.7 Å². The number of amides is 3. The number of sulfonamides is 1. The van der Waals surface area contributed by atoms with E-state index in [-0.39, 0.29) is 17.9 Å². The third kappa shape index (κ3) is 6.00. The van der Waals surface area contributed by atoms with Crippen LogP contribution in [-0.4, -0.2) is 50.7 Å². The van der Waals surface area contributed by atoms with Crippen molar-refractivity contribution in [2.24, 2.45) is 5.14 Å². The lowest BCUT2D eigenvalue weighted by Gasteiger charge is -2.28. The van der Waals surface area contributed by atoms with Crippen molar-refractivity contribution in [3.8, 4) is 5.75 Å². The van der Waals surface area contributed by atoms with Gasteiger partial charge in [-0.3, -0.25) is 14.4 Å². The molecule has 0 bridgehead atoms. The number of halogens is 1. The van der Waals surface area contributed by atoms with E-state index in [4.69, 9.17) is 9.88 Å². The van der Waals surface area contributed by atoms with Gasteiger partial charge in [-0.2, -0.15) is 0 Å². The summed E-state index contributed by atoms with van der Waals surface area (Å²) in [5.41, 5.74) is 1.50. The molecule has 0 aromatic heterocycles. The SMILES string of the molecule is COc1cccc(C(=O)N(CCc2ccc(S(N)(=O)=O)cc2)C2CC(=O)N(c3ccc(I)cc3)C2=O)c1. The number of carbonyl (C=O) groups is 3. The Bertz CT molecular complexity index is 1440. The van der Waals surface area contributed by atoms with Crippen molar-refractivity contribution in [2.75, 3.05) is 18.6 Å². The van der Waals surface area contributed by atoms with Crippen molar-refractivity contribution < 1.29 is 27.5 Å². The first-order chi connectivity index (χ1) is 17.6. The highest BCUT2D eigenvalue weighted by Crippen LogP contribution is 2.28. The van der Waals surface area contributed by atoms with Crippen LogP contribution >= 0.6 is 22.6 Å². The maximum Gasteiger partial charge on any atom is 0.257 e. The molecular formula is C26H24IN3O6S. The van der Waals surface area contributed by atoms with E-state index < -0.39 is 33.8 Å². The highest BCUT2D eigenvalue weighted by atomic mass is 127. The number of rotatable bonds is 8. The van der Waals surface area contributed by atoms with Crippen LogP contribution in [0.25, 0.3) is 0 Å². The number of carbonyl (C=O) groups excluding carboxylic acids is 3. The summed E-state index contributed by atoms with van der Waals surface area (Å²) in [6, 6.07) is 18.6. The Morgan fingerprint density at radius 2 is 1.76 bits per heavy atom. The second-order valence-corrected chi connectivity index (χ2v) is 11.2. The van der Waals surface area contributed by atoms with Gasteiger partial charge in [0.25, 0.3) is 11.8 Å². The molecule has 0 radical (unpaired) electrons. The number of imide groups is 1. The smallest absolute Gasteiger partial charge is 0.257 e. The summed E-state index contributed by atoms with van der Waals surface area (Å²) in [4.78, 5) is 42.5. The number of ether oxygens (including phenoxy) is 1. The Morgan fingerprint density at radius 1 is 1.08 bits per heavy atom. The van der Waals surface area contributed by atoms with E-state index in [1.165, 1.54) is 24.1 Å². The molecule has 37 heavy (non-hydrogen) atoms. The van der Waals surface area contributed by atoms with Crippen LogP contribution < -0.4 is 14.8 Å². The number of anilines is 1. The average molecular weight is 633 g/mol. The van der Waals surface area contributed by atoms with Crippen LogP contribution in [0.15, 0.2) is 77.7 Å². The van der Waals surface area contributed by atoms with Gasteiger partial charge < -0.3 is 9.64 Å². The van der Waals surface area contributed by atoms with Crippen LogP contribution in [0.1, 0.15) is 22.3 Å². The Labute approximate surface area is 228 Å². The van der Waals surface area contributed by atoms with E-state index in [2.05, 4.69) is 22.6 Å². The summed E-state index contributed by atoms with van der Waals surface area (Å²) >= 11 is 2.14. The standard InChI is InChI=1S/C26H24IN3O6S/c1-36-21-4-2-3-18(15-21)25(32)29(14-13-17-5-11-22(12-6-17)37(28,34)35)23-16-24(31)30(26(23)33)20-9-7-19(27)8-10-20/h2-12,15,23H,13-14,16H2,1H3,(H2,28,34,35). The predicted molar refractivity (Wildman–Crippen MR) is 146 cm³/mol. The molecule has 9 nitrogen and oxygen atoms in total. The van der Waals surface area contributed by atoms with Crippen molar-refractivity contribution in [1.82, 2.24) is 4.90 Å². The minimum Gasteiger partial charge on any atom is -0.497 e. The lowest BCUT2D eigenvalue weighted by molar-refractivity contribution is -0.122. The Kier molecular flexibility index (Phi) is 7.95. The van der Waals surface area contributed by atoms with E-state index in [0.29, 0.717) is 23.4 Å². The zero-order chi connectivity index (χ0) is 26.7. The molecule has 2 N–H and O–H groups in total. The summed E-state index contributed by atoms with van der Waals surface area (Å²) < 4.78 is 29.3. The quantitative estimate of drug-likeness (QED) is 0.300. The molecule has 11 heteroatoms. The number of methoxy groups -OCH3 is 1. The molecule has 1 fully saturated rings. The number of hydrogen-bond donors (Lipinski definition) is 1. The Balaban J connectivity index is 1.63. The van der Waals surface area contributed by atoms with Crippen molar-refractivity contribution in [2.45, 2.75) is 23.8 Å². The summed E-state index contributed by atoms with van der Waals surface area (Å²) in [6.45, 7) is 0.120.